The highest BCUT2D eigenvalue weighted by molar-refractivity contribution is 6.31. The lowest BCUT2D eigenvalue weighted by Crippen LogP contribution is -2.29. The molecule has 8 heteroatoms. The Labute approximate surface area is 205 Å². The third-order valence-corrected chi connectivity index (χ3v) is 6.55. The van der Waals surface area contributed by atoms with E-state index in [1.807, 2.05) is 18.2 Å². The SMILES string of the molecule is COc1ccc(C2c3c(oc4ccc(Cl)cc4c3=O)C(=O)N2Cc2ccccc2Cl)cc1OC. The molecule has 1 unspecified atom stereocenters. The molecule has 4 aromatic rings. The zero-order chi connectivity index (χ0) is 24.0. The highest BCUT2D eigenvalue weighted by Gasteiger charge is 2.43. The zero-order valence-electron chi connectivity index (χ0n) is 18.3. The molecule has 34 heavy (non-hydrogen) atoms. The van der Waals surface area contributed by atoms with E-state index in [1.54, 1.807) is 54.5 Å². The van der Waals surface area contributed by atoms with Crippen molar-refractivity contribution in [1.82, 2.24) is 4.90 Å². The van der Waals surface area contributed by atoms with Gasteiger partial charge < -0.3 is 18.8 Å². The lowest BCUT2D eigenvalue weighted by Gasteiger charge is -2.26. The number of carbonyl (C=O) groups excluding carboxylic acids is 1. The van der Waals surface area contributed by atoms with Crippen LogP contribution >= 0.6 is 23.2 Å². The second kappa shape index (κ2) is 8.70. The molecule has 0 radical (unpaired) electrons. The fraction of sp³-hybridized carbons (Fsp3) is 0.154. The largest absolute Gasteiger partial charge is 0.493 e. The molecular formula is C26H19Cl2NO5. The summed E-state index contributed by atoms with van der Waals surface area (Å²) in [5.74, 6) is 0.618. The van der Waals surface area contributed by atoms with Crippen molar-refractivity contribution < 1.29 is 18.7 Å². The molecule has 0 saturated carbocycles. The van der Waals surface area contributed by atoms with Gasteiger partial charge in [-0.1, -0.05) is 47.5 Å². The van der Waals surface area contributed by atoms with Crippen LogP contribution in [0.25, 0.3) is 11.0 Å². The van der Waals surface area contributed by atoms with E-state index in [-0.39, 0.29) is 23.3 Å². The second-order valence-corrected chi connectivity index (χ2v) is 8.70. The van der Waals surface area contributed by atoms with Gasteiger partial charge in [0.1, 0.15) is 5.58 Å². The first-order valence-corrected chi connectivity index (χ1v) is 11.2. The quantitative estimate of drug-likeness (QED) is 0.346. The Bertz CT molecular complexity index is 1500. The second-order valence-electron chi connectivity index (χ2n) is 7.86. The van der Waals surface area contributed by atoms with Gasteiger partial charge >= 0.3 is 0 Å². The maximum atomic E-state index is 13.7. The molecule has 0 fully saturated rings. The van der Waals surface area contributed by atoms with Gasteiger partial charge in [0.05, 0.1) is 31.2 Å². The number of halogens is 2. The van der Waals surface area contributed by atoms with Crippen LogP contribution in [0, 0.1) is 0 Å². The molecule has 6 nitrogen and oxygen atoms in total. The fourth-order valence-corrected chi connectivity index (χ4v) is 4.70. The highest BCUT2D eigenvalue weighted by atomic mass is 35.5. The van der Waals surface area contributed by atoms with Gasteiger partial charge in [-0.3, -0.25) is 9.59 Å². The molecule has 1 aliphatic rings. The molecule has 172 valence electrons. The molecule has 0 N–H and O–H groups in total. The molecule has 0 saturated heterocycles. The van der Waals surface area contributed by atoms with Crippen molar-refractivity contribution in [3.05, 3.63) is 103 Å². The molecule has 1 aromatic heterocycles. The van der Waals surface area contributed by atoms with Crippen molar-refractivity contribution in [1.29, 1.82) is 0 Å². The number of fused-ring (bicyclic) bond motifs is 2. The van der Waals surface area contributed by atoms with Crippen molar-refractivity contribution in [3.63, 3.8) is 0 Å². The lowest BCUT2D eigenvalue weighted by atomic mass is 9.97. The Kier molecular flexibility index (Phi) is 5.71. The van der Waals surface area contributed by atoms with Crippen molar-refractivity contribution >= 4 is 40.1 Å². The van der Waals surface area contributed by atoms with Crippen LogP contribution in [0.15, 0.2) is 69.9 Å². The third-order valence-electron chi connectivity index (χ3n) is 5.95. The molecular weight excluding hydrogens is 477 g/mol. The van der Waals surface area contributed by atoms with E-state index in [1.165, 1.54) is 7.11 Å². The molecule has 3 aromatic carbocycles. The first kappa shape index (κ1) is 22.3. The monoisotopic (exact) mass is 495 g/mol. The van der Waals surface area contributed by atoms with Crippen LogP contribution in [0.5, 0.6) is 11.5 Å². The summed E-state index contributed by atoms with van der Waals surface area (Å²) >= 11 is 12.5. The van der Waals surface area contributed by atoms with Crippen LogP contribution in [0.2, 0.25) is 10.0 Å². The number of methoxy groups -OCH3 is 2. The molecule has 0 aliphatic carbocycles. The Balaban J connectivity index is 1.75. The van der Waals surface area contributed by atoms with E-state index in [0.717, 1.165) is 5.56 Å². The number of rotatable bonds is 5. The van der Waals surface area contributed by atoms with E-state index >= 15 is 0 Å². The van der Waals surface area contributed by atoms with Crippen LogP contribution in [0.3, 0.4) is 0 Å². The number of amides is 1. The molecule has 1 aliphatic heterocycles. The standard InChI is InChI=1S/C26H19Cl2NO5/c1-32-20-9-7-14(11-21(20)33-2)23-22-24(30)17-12-16(27)8-10-19(17)34-25(22)26(31)29(23)13-15-5-3-4-6-18(15)28/h3-12,23H,13H2,1-2H3. The van der Waals surface area contributed by atoms with Gasteiger partial charge in [-0.25, -0.2) is 0 Å². The summed E-state index contributed by atoms with van der Waals surface area (Å²) in [7, 11) is 3.07. The molecule has 1 amide bonds. The number of carbonyl (C=O) groups is 1. The van der Waals surface area contributed by atoms with Gasteiger partial charge in [-0.05, 0) is 47.5 Å². The predicted octanol–water partition coefficient (Wildman–Crippen LogP) is 5.86. The minimum atomic E-state index is -0.724. The van der Waals surface area contributed by atoms with E-state index < -0.39 is 11.9 Å². The summed E-state index contributed by atoms with van der Waals surface area (Å²) in [4.78, 5) is 28.9. The van der Waals surface area contributed by atoms with Crippen LogP contribution < -0.4 is 14.9 Å². The molecule has 0 spiro atoms. The van der Waals surface area contributed by atoms with Gasteiger partial charge in [-0.2, -0.15) is 0 Å². The number of hydrogen-bond acceptors (Lipinski definition) is 5. The summed E-state index contributed by atoms with van der Waals surface area (Å²) in [6.45, 7) is 0.179. The summed E-state index contributed by atoms with van der Waals surface area (Å²) in [6, 6.07) is 16.6. The highest BCUT2D eigenvalue weighted by Crippen LogP contribution is 2.42. The first-order valence-electron chi connectivity index (χ1n) is 10.5. The number of nitrogens with zero attached hydrogens (tertiary/aromatic N) is 1. The first-order chi connectivity index (χ1) is 16.4. The summed E-state index contributed by atoms with van der Waals surface area (Å²) in [6.07, 6.45) is 0. The minimum Gasteiger partial charge on any atom is -0.493 e. The van der Waals surface area contributed by atoms with Gasteiger partial charge in [0, 0.05) is 16.6 Å². The zero-order valence-corrected chi connectivity index (χ0v) is 19.8. The molecule has 2 heterocycles. The van der Waals surface area contributed by atoms with Gasteiger partial charge in [0.15, 0.2) is 16.9 Å². The van der Waals surface area contributed by atoms with E-state index in [9.17, 15) is 9.59 Å². The Hall–Kier alpha value is -3.48. The Morgan fingerprint density at radius 2 is 1.71 bits per heavy atom. The smallest absolute Gasteiger partial charge is 0.291 e. The average Bonchev–Trinajstić information content (AvgIpc) is 3.12. The summed E-state index contributed by atoms with van der Waals surface area (Å²) in [5.41, 5.74) is 1.65. The van der Waals surface area contributed by atoms with Crippen LogP contribution in [-0.4, -0.2) is 25.0 Å². The van der Waals surface area contributed by atoms with Gasteiger partial charge in [0.25, 0.3) is 5.91 Å². The van der Waals surface area contributed by atoms with Crippen molar-refractivity contribution in [3.8, 4) is 11.5 Å². The number of benzene rings is 3. The van der Waals surface area contributed by atoms with Crippen LogP contribution in [0.4, 0.5) is 0 Å². The molecule has 0 bridgehead atoms. The summed E-state index contributed by atoms with van der Waals surface area (Å²) < 4.78 is 16.8. The molecule has 1 atom stereocenters. The van der Waals surface area contributed by atoms with Crippen LogP contribution in [0.1, 0.15) is 33.3 Å². The van der Waals surface area contributed by atoms with Crippen LogP contribution in [-0.2, 0) is 6.54 Å². The fourth-order valence-electron chi connectivity index (χ4n) is 4.34. The summed E-state index contributed by atoms with van der Waals surface area (Å²) in [5, 5.41) is 1.23. The minimum absolute atomic E-state index is 0.00617. The average molecular weight is 496 g/mol. The van der Waals surface area contributed by atoms with E-state index in [4.69, 9.17) is 37.1 Å². The maximum absolute atomic E-state index is 13.7. The van der Waals surface area contributed by atoms with E-state index in [2.05, 4.69) is 0 Å². The maximum Gasteiger partial charge on any atom is 0.291 e. The normalized spacial score (nSPS) is 15.0. The van der Waals surface area contributed by atoms with E-state index in [0.29, 0.717) is 38.1 Å². The van der Waals surface area contributed by atoms with Crippen molar-refractivity contribution in [2.24, 2.45) is 0 Å². The predicted molar refractivity (Wildman–Crippen MR) is 130 cm³/mol. The van der Waals surface area contributed by atoms with Crippen molar-refractivity contribution in [2.45, 2.75) is 12.6 Å². The van der Waals surface area contributed by atoms with Gasteiger partial charge in [0.2, 0.25) is 5.76 Å². The Morgan fingerprint density at radius 1 is 0.941 bits per heavy atom. The lowest BCUT2D eigenvalue weighted by molar-refractivity contribution is 0.0714. The third kappa shape index (κ3) is 3.59. The van der Waals surface area contributed by atoms with Gasteiger partial charge in [-0.15, -0.1) is 0 Å². The topological polar surface area (TPSA) is 69.0 Å². The number of hydrogen-bond donors (Lipinski definition) is 0. The number of ether oxygens (including phenoxy) is 2. The molecule has 5 rings (SSSR count). The Morgan fingerprint density at radius 3 is 2.44 bits per heavy atom. The van der Waals surface area contributed by atoms with Crippen molar-refractivity contribution in [2.75, 3.05) is 14.2 Å².